The Morgan fingerprint density at radius 2 is 1.46 bits per heavy atom. The third kappa shape index (κ3) is 3.28. The van der Waals surface area contributed by atoms with E-state index < -0.39 is 0 Å². The first kappa shape index (κ1) is 15.2. The van der Waals surface area contributed by atoms with E-state index in [-0.39, 0.29) is 0 Å². The molecule has 1 aromatic carbocycles. The van der Waals surface area contributed by atoms with Crippen LogP contribution in [0.25, 0.3) is 0 Å². The maximum absolute atomic E-state index is 4.81. The number of hydrogen-bond acceptors (Lipinski definition) is 6. The second-order valence-corrected chi connectivity index (χ2v) is 6.26. The predicted molar refractivity (Wildman–Crippen MR) is 98.0 cm³/mol. The Bertz CT molecular complexity index is 648. The van der Waals surface area contributed by atoms with E-state index in [9.17, 15) is 0 Å². The molecule has 2 saturated heterocycles. The number of hydrogen-bond donors (Lipinski definition) is 1. The summed E-state index contributed by atoms with van der Waals surface area (Å²) in [5, 5.41) is 3.38. The molecule has 0 aliphatic carbocycles. The van der Waals surface area contributed by atoms with Crippen LogP contribution in [0.3, 0.4) is 0 Å². The summed E-state index contributed by atoms with van der Waals surface area (Å²) >= 11 is 0. The number of para-hydroxylation sites is 1. The van der Waals surface area contributed by atoms with Crippen LogP contribution < -0.4 is 20.0 Å². The van der Waals surface area contributed by atoms with Gasteiger partial charge in [-0.15, -0.1) is 0 Å². The molecule has 4 rings (SSSR count). The summed E-state index contributed by atoms with van der Waals surface area (Å²) < 4.78 is 0. The van der Waals surface area contributed by atoms with E-state index in [1.54, 1.807) is 0 Å². The van der Waals surface area contributed by atoms with E-state index in [2.05, 4.69) is 55.3 Å². The molecular weight excluding hydrogens is 300 g/mol. The summed E-state index contributed by atoms with van der Waals surface area (Å²) in [5.41, 5.74) is 1.30. The number of aromatic nitrogens is 2. The van der Waals surface area contributed by atoms with Gasteiger partial charge in [-0.25, -0.2) is 4.98 Å². The first-order chi connectivity index (χ1) is 11.9. The summed E-state index contributed by atoms with van der Waals surface area (Å²) in [7, 11) is 0. The molecule has 6 heteroatoms. The summed E-state index contributed by atoms with van der Waals surface area (Å²) in [6.45, 7) is 8.00. The number of rotatable bonds is 3. The Morgan fingerprint density at radius 1 is 0.750 bits per heavy atom. The van der Waals surface area contributed by atoms with Crippen LogP contribution in [0.2, 0.25) is 0 Å². The first-order valence-electron chi connectivity index (χ1n) is 8.74. The highest BCUT2D eigenvalue weighted by Gasteiger charge is 2.20. The Kier molecular flexibility index (Phi) is 4.46. The van der Waals surface area contributed by atoms with Gasteiger partial charge in [0.1, 0.15) is 5.82 Å². The average molecular weight is 324 g/mol. The molecule has 2 aromatic rings. The molecule has 0 spiro atoms. The van der Waals surface area contributed by atoms with Gasteiger partial charge in [0.15, 0.2) is 0 Å². The summed E-state index contributed by atoms with van der Waals surface area (Å²) in [4.78, 5) is 16.4. The van der Waals surface area contributed by atoms with Crippen LogP contribution >= 0.6 is 0 Å². The highest BCUT2D eigenvalue weighted by Crippen LogP contribution is 2.20. The molecule has 6 nitrogen and oxygen atoms in total. The van der Waals surface area contributed by atoms with Crippen molar-refractivity contribution >= 4 is 17.5 Å². The number of nitrogens with one attached hydrogen (secondary N) is 1. The fourth-order valence-electron chi connectivity index (χ4n) is 3.37. The Morgan fingerprint density at radius 3 is 2.21 bits per heavy atom. The number of anilines is 3. The van der Waals surface area contributed by atoms with Crippen molar-refractivity contribution in [2.45, 2.75) is 0 Å². The lowest BCUT2D eigenvalue weighted by molar-refractivity contribution is 0.583. The van der Waals surface area contributed by atoms with Gasteiger partial charge in [0.05, 0.1) is 0 Å². The van der Waals surface area contributed by atoms with Gasteiger partial charge in [0, 0.05) is 64.2 Å². The molecule has 2 aliphatic rings. The van der Waals surface area contributed by atoms with Crippen LogP contribution in [0.4, 0.5) is 17.5 Å². The van der Waals surface area contributed by atoms with Gasteiger partial charge in [0.25, 0.3) is 0 Å². The molecule has 0 unspecified atom stereocenters. The number of nitrogens with zero attached hydrogens (tertiary/aromatic N) is 5. The van der Waals surface area contributed by atoms with Crippen LogP contribution in [0, 0.1) is 0 Å². The molecule has 3 heterocycles. The van der Waals surface area contributed by atoms with Gasteiger partial charge in [-0.05, 0) is 18.2 Å². The van der Waals surface area contributed by atoms with Crippen LogP contribution in [0.1, 0.15) is 0 Å². The molecule has 2 fully saturated rings. The lowest BCUT2D eigenvalue weighted by Gasteiger charge is -2.36. The van der Waals surface area contributed by atoms with E-state index in [1.807, 2.05) is 12.3 Å². The van der Waals surface area contributed by atoms with Gasteiger partial charge in [0.2, 0.25) is 5.95 Å². The minimum atomic E-state index is 0.860. The minimum Gasteiger partial charge on any atom is -0.368 e. The predicted octanol–water partition coefficient (Wildman–Crippen LogP) is 1.21. The van der Waals surface area contributed by atoms with Crippen molar-refractivity contribution in [3.8, 4) is 0 Å². The lowest BCUT2D eigenvalue weighted by Crippen LogP contribution is -2.47. The largest absolute Gasteiger partial charge is 0.368 e. The summed E-state index contributed by atoms with van der Waals surface area (Å²) in [6.07, 6.45) is 1.89. The molecule has 0 radical (unpaired) electrons. The Labute approximate surface area is 143 Å². The SMILES string of the molecule is c1ccc(N2CCN(c3nccc(N4CCNCC4)n3)CC2)cc1. The third-order valence-electron chi connectivity index (χ3n) is 4.75. The van der Waals surface area contributed by atoms with Gasteiger partial charge in [-0.1, -0.05) is 18.2 Å². The highest BCUT2D eigenvalue weighted by atomic mass is 15.3. The van der Waals surface area contributed by atoms with Crippen molar-refractivity contribution in [2.24, 2.45) is 0 Å². The van der Waals surface area contributed by atoms with Crippen LogP contribution in [-0.4, -0.2) is 62.3 Å². The van der Waals surface area contributed by atoms with Crippen molar-refractivity contribution in [2.75, 3.05) is 67.1 Å². The molecule has 24 heavy (non-hydrogen) atoms. The summed E-state index contributed by atoms with van der Waals surface area (Å²) in [5.74, 6) is 1.91. The summed E-state index contributed by atoms with van der Waals surface area (Å²) in [6, 6.07) is 12.6. The van der Waals surface area contributed by atoms with Crippen molar-refractivity contribution < 1.29 is 0 Å². The fourth-order valence-corrected chi connectivity index (χ4v) is 3.37. The van der Waals surface area contributed by atoms with E-state index >= 15 is 0 Å². The second kappa shape index (κ2) is 7.05. The van der Waals surface area contributed by atoms with Crippen molar-refractivity contribution in [3.63, 3.8) is 0 Å². The quantitative estimate of drug-likeness (QED) is 0.916. The van der Waals surface area contributed by atoms with E-state index in [0.29, 0.717) is 0 Å². The Hall–Kier alpha value is -2.34. The molecule has 1 N–H and O–H groups in total. The molecule has 2 aliphatic heterocycles. The van der Waals surface area contributed by atoms with Crippen molar-refractivity contribution in [3.05, 3.63) is 42.6 Å². The number of benzene rings is 1. The number of piperazine rings is 2. The minimum absolute atomic E-state index is 0.860. The Balaban J connectivity index is 1.42. The zero-order valence-electron chi connectivity index (χ0n) is 13.9. The van der Waals surface area contributed by atoms with Gasteiger partial charge in [-0.3, -0.25) is 0 Å². The van der Waals surface area contributed by atoms with E-state index in [4.69, 9.17) is 4.98 Å². The van der Waals surface area contributed by atoms with Crippen molar-refractivity contribution in [1.29, 1.82) is 0 Å². The fraction of sp³-hybridized carbons (Fsp3) is 0.444. The average Bonchev–Trinajstić information content (AvgIpc) is 2.70. The normalized spacial score (nSPS) is 18.8. The maximum Gasteiger partial charge on any atom is 0.227 e. The van der Waals surface area contributed by atoms with Gasteiger partial charge < -0.3 is 20.0 Å². The van der Waals surface area contributed by atoms with Gasteiger partial charge >= 0.3 is 0 Å². The monoisotopic (exact) mass is 324 g/mol. The van der Waals surface area contributed by atoms with E-state index in [1.165, 1.54) is 5.69 Å². The van der Waals surface area contributed by atoms with Gasteiger partial charge in [-0.2, -0.15) is 4.98 Å². The molecule has 0 atom stereocenters. The third-order valence-corrected chi connectivity index (χ3v) is 4.75. The molecule has 0 amide bonds. The molecule has 1 aromatic heterocycles. The van der Waals surface area contributed by atoms with Crippen LogP contribution in [-0.2, 0) is 0 Å². The zero-order valence-corrected chi connectivity index (χ0v) is 13.9. The standard InChI is InChI=1S/C18H24N6/c1-2-4-16(5-3-1)22-12-14-24(15-13-22)18-20-7-6-17(21-18)23-10-8-19-9-11-23/h1-7,19H,8-15H2. The second-order valence-electron chi connectivity index (χ2n) is 6.26. The topological polar surface area (TPSA) is 47.5 Å². The maximum atomic E-state index is 4.81. The lowest BCUT2D eigenvalue weighted by atomic mass is 10.2. The molecular formula is C18H24N6. The smallest absolute Gasteiger partial charge is 0.227 e. The van der Waals surface area contributed by atoms with Crippen molar-refractivity contribution in [1.82, 2.24) is 15.3 Å². The first-order valence-corrected chi connectivity index (χ1v) is 8.74. The van der Waals surface area contributed by atoms with E-state index in [0.717, 1.165) is 64.1 Å². The highest BCUT2D eigenvalue weighted by molar-refractivity contribution is 5.49. The van der Waals surface area contributed by atoms with Crippen LogP contribution in [0.15, 0.2) is 42.6 Å². The van der Waals surface area contributed by atoms with Crippen LogP contribution in [0.5, 0.6) is 0 Å². The molecule has 0 saturated carbocycles. The zero-order chi connectivity index (χ0) is 16.2. The molecule has 126 valence electrons. The molecule has 0 bridgehead atoms.